The molecule has 1 amide bonds. The van der Waals surface area contributed by atoms with Crippen molar-refractivity contribution in [2.45, 2.75) is 51.9 Å². The van der Waals surface area contributed by atoms with Gasteiger partial charge in [0.15, 0.2) is 5.79 Å². The predicted molar refractivity (Wildman–Crippen MR) is 84.5 cm³/mol. The molecule has 3 atom stereocenters. The summed E-state index contributed by atoms with van der Waals surface area (Å²) in [6, 6.07) is 0.441. The summed E-state index contributed by atoms with van der Waals surface area (Å²) in [7, 11) is 0. The Morgan fingerprint density at radius 3 is 2.71 bits per heavy atom. The third-order valence-corrected chi connectivity index (χ3v) is 4.24. The molecule has 0 saturated carbocycles. The van der Waals surface area contributed by atoms with E-state index in [9.17, 15) is 4.79 Å². The van der Waals surface area contributed by atoms with E-state index in [4.69, 9.17) is 9.47 Å². The van der Waals surface area contributed by atoms with Crippen LogP contribution in [0.3, 0.4) is 0 Å². The van der Waals surface area contributed by atoms with Gasteiger partial charge in [0.25, 0.3) is 0 Å². The standard InChI is InChI=1S/C15H28N2O3.ClH/c1-11(9-15(3)19-6-7-20-15)10-17-14(18)13-4-5-16-12(2)8-13;/h11-13,16H,4-10H2,1-3H3,(H,17,18);1H/t11?,12-,13-;/m0./s1. The number of ether oxygens (including phenoxy) is 2. The van der Waals surface area contributed by atoms with E-state index in [1.54, 1.807) is 0 Å². The summed E-state index contributed by atoms with van der Waals surface area (Å²) >= 11 is 0. The number of hydrogen-bond donors (Lipinski definition) is 2. The van der Waals surface area contributed by atoms with Crippen molar-refractivity contribution in [3.05, 3.63) is 0 Å². The van der Waals surface area contributed by atoms with Gasteiger partial charge < -0.3 is 20.1 Å². The Hall–Kier alpha value is -0.360. The number of amides is 1. The van der Waals surface area contributed by atoms with E-state index >= 15 is 0 Å². The molecule has 21 heavy (non-hydrogen) atoms. The summed E-state index contributed by atoms with van der Waals surface area (Å²) < 4.78 is 11.2. The molecule has 0 aromatic carbocycles. The van der Waals surface area contributed by atoms with E-state index in [-0.39, 0.29) is 24.2 Å². The number of halogens is 1. The fourth-order valence-corrected chi connectivity index (χ4v) is 3.17. The van der Waals surface area contributed by atoms with Crippen molar-refractivity contribution in [2.75, 3.05) is 26.3 Å². The minimum absolute atomic E-state index is 0. The van der Waals surface area contributed by atoms with Crippen LogP contribution in [0.25, 0.3) is 0 Å². The van der Waals surface area contributed by atoms with Crippen molar-refractivity contribution in [2.24, 2.45) is 11.8 Å². The minimum Gasteiger partial charge on any atom is -0.356 e. The Morgan fingerprint density at radius 2 is 2.10 bits per heavy atom. The SMILES string of the molecule is CC(CNC(=O)[C@H]1CCN[C@@H](C)C1)CC1(C)OCCO1.Cl. The second-order valence-electron chi connectivity index (χ2n) is 6.46. The summed E-state index contributed by atoms with van der Waals surface area (Å²) in [5, 5.41) is 6.46. The molecule has 0 spiro atoms. The molecule has 0 aromatic rings. The van der Waals surface area contributed by atoms with E-state index in [0.717, 1.165) is 25.8 Å². The van der Waals surface area contributed by atoms with Gasteiger partial charge in [-0.15, -0.1) is 12.4 Å². The molecule has 1 unspecified atom stereocenters. The van der Waals surface area contributed by atoms with Crippen molar-refractivity contribution in [3.63, 3.8) is 0 Å². The average molecular weight is 321 g/mol. The zero-order valence-electron chi connectivity index (χ0n) is 13.3. The lowest BCUT2D eigenvalue weighted by atomic mass is 9.92. The van der Waals surface area contributed by atoms with Crippen LogP contribution in [0, 0.1) is 11.8 Å². The topological polar surface area (TPSA) is 59.6 Å². The van der Waals surface area contributed by atoms with Gasteiger partial charge in [0, 0.05) is 24.9 Å². The fraction of sp³-hybridized carbons (Fsp3) is 0.933. The zero-order chi connectivity index (χ0) is 14.6. The van der Waals surface area contributed by atoms with Crippen LogP contribution in [-0.2, 0) is 14.3 Å². The fourth-order valence-electron chi connectivity index (χ4n) is 3.17. The molecule has 124 valence electrons. The molecule has 2 fully saturated rings. The van der Waals surface area contributed by atoms with Gasteiger partial charge in [-0.3, -0.25) is 4.79 Å². The lowest BCUT2D eigenvalue weighted by Gasteiger charge is -2.29. The van der Waals surface area contributed by atoms with E-state index in [1.807, 2.05) is 6.92 Å². The Bertz CT molecular complexity index is 335. The van der Waals surface area contributed by atoms with Gasteiger partial charge in [0.1, 0.15) is 0 Å². The minimum atomic E-state index is -0.465. The molecule has 2 aliphatic heterocycles. The third kappa shape index (κ3) is 5.74. The van der Waals surface area contributed by atoms with E-state index in [0.29, 0.717) is 31.7 Å². The maximum Gasteiger partial charge on any atom is 0.223 e. The lowest BCUT2D eigenvalue weighted by Crippen LogP contribution is -2.43. The molecule has 0 aliphatic carbocycles. The molecule has 2 aliphatic rings. The molecule has 2 rings (SSSR count). The number of nitrogens with one attached hydrogen (secondary N) is 2. The normalized spacial score (nSPS) is 29.5. The number of piperidine rings is 1. The average Bonchev–Trinajstić information content (AvgIpc) is 2.82. The van der Waals surface area contributed by atoms with E-state index < -0.39 is 5.79 Å². The Kier molecular flexibility index (Phi) is 7.40. The lowest BCUT2D eigenvalue weighted by molar-refractivity contribution is -0.154. The first-order valence-electron chi connectivity index (χ1n) is 7.77. The number of carbonyl (C=O) groups excluding carboxylic acids is 1. The van der Waals surface area contributed by atoms with Crippen LogP contribution < -0.4 is 10.6 Å². The van der Waals surface area contributed by atoms with Gasteiger partial charge in [-0.2, -0.15) is 0 Å². The first-order chi connectivity index (χ1) is 9.48. The third-order valence-electron chi connectivity index (χ3n) is 4.24. The van der Waals surface area contributed by atoms with Crippen LogP contribution in [0.5, 0.6) is 0 Å². The van der Waals surface area contributed by atoms with Crippen LogP contribution >= 0.6 is 12.4 Å². The highest BCUT2D eigenvalue weighted by atomic mass is 35.5. The monoisotopic (exact) mass is 320 g/mol. The van der Waals surface area contributed by atoms with Gasteiger partial charge in [-0.25, -0.2) is 0 Å². The molecule has 0 radical (unpaired) electrons. The van der Waals surface area contributed by atoms with E-state index in [2.05, 4.69) is 24.5 Å². The van der Waals surface area contributed by atoms with Gasteiger partial charge in [0.2, 0.25) is 5.91 Å². The summed E-state index contributed by atoms with van der Waals surface area (Å²) in [5.41, 5.74) is 0. The maximum atomic E-state index is 12.2. The van der Waals surface area contributed by atoms with Gasteiger partial charge in [-0.1, -0.05) is 6.92 Å². The Morgan fingerprint density at radius 1 is 1.43 bits per heavy atom. The number of rotatable bonds is 5. The number of hydrogen-bond acceptors (Lipinski definition) is 4. The summed E-state index contributed by atoms with van der Waals surface area (Å²) in [6.45, 7) is 9.21. The Balaban J connectivity index is 0.00000220. The van der Waals surface area contributed by atoms with Gasteiger partial charge in [0.05, 0.1) is 13.2 Å². The van der Waals surface area contributed by atoms with E-state index in [1.165, 1.54) is 0 Å². The predicted octanol–water partition coefficient (Wildman–Crippen LogP) is 1.70. The molecule has 6 heteroatoms. The smallest absolute Gasteiger partial charge is 0.223 e. The zero-order valence-corrected chi connectivity index (χ0v) is 14.1. The van der Waals surface area contributed by atoms with Gasteiger partial charge >= 0.3 is 0 Å². The van der Waals surface area contributed by atoms with Crippen LogP contribution in [0.4, 0.5) is 0 Å². The Labute approximate surface area is 133 Å². The molecular formula is C15H29ClN2O3. The largest absolute Gasteiger partial charge is 0.356 e. The summed E-state index contributed by atoms with van der Waals surface area (Å²) in [4.78, 5) is 12.2. The number of carbonyl (C=O) groups is 1. The highest BCUT2D eigenvalue weighted by Crippen LogP contribution is 2.26. The second-order valence-corrected chi connectivity index (χ2v) is 6.46. The molecule has 2 N–H and O–H groups in total. The van der Waals surface area contributed by atoms with Crippen molar-refractivity contribution < 1.29 is 14.3 Å². The summed E-state index contributed by atoms with van der Waals surface area (Å²) in [5.74, 6) is 0.241. The van der Waals surface area contributed by atoms with Crippen LogP contribution in [0.2, 0.25) is 0 Å². The molecule has 5 nitrogen and oxygen atoms in total. The van der Waals surface area contributed by atoms with Crippen LogP contribution in [-0.4, -0.2) is 44.0 Å². The first-order valence-corrected chi connectivity index (χ1v) is 7.77. The second kappa shape index (κ2) is 8.32. The highest BCUT2D eigenvalue weighted by molar-refractivity contribution is 5.85. The highest BCUT2D eigenvalue weighted by Gasteiger charge is 2.33. The van der Waals surface area contributed by atoms with Gasteiger partial charge in [-0.05, 0) is 39.2 Å². The van der Waals surface area contributed by atoms with Crippen LogP contribution in [0.15, 0.2) is 0 Å². The van der Waals surface area contributed by atoms with Crippen molar-refractivity contribution in [3.8, 4) is 0 Å². The van der Waals surface area contributed by atoms with Crippen LogP contribution in [0.1, 0.15) is 40.0 Å². The molecular weight excluding hydrogens is 292 g/mol. The maximum absolute atomic E-state index is 12.2. The molecule has 0 bridgehead atoms. The quantitative estimate of drug-likeness (QED) is 0.809. The molecule has 0 aromatic heterocycles. The van der Waals surface area contributed by atoms with Crippen molar-refractivity contribution in [1.29, 1.82) is 0 Å². The first kappa shape index (κ1) is 18.7. The van der Waals surface area contributed by atoms with Crippen molar-refractivity contribution >= 4 is 18.3 Å². The van der Waals surface area contributed by atoms with Crippen molar-refractivity contribution in [1.82, 2.24) is 10.6 Å². The summed E-state index contributed by atoms with van der Waals surface area (Å²) in [6.07, 6.45) is 2.69. The molecule has 2 saturated heterocycles. The molecule has 2 heterocycles.